The first kappa shape index (κ1) is 22.2. The van der Waals surface area contributed by atoms with E-state index in [-0.39, 0.29) is 17.3 Å². The van der Waals surface area contributed by atoms with Gasteiger partial charge in [0.2, 0.25) is 0 Å². The molecule has 0 aromatic carbocycles. The molecule has 2 saturated heterocycles. The summed E-state index contributed by atoms with van der Waals surface area (Å²) in [4.78, 5) is 36.3. The van der Waals surface area contributed by atoms with Crippen LogP contribution in [0.15, 0.2) is 35.5 Å². The van der Waals surface area contributed by atoms with Gasteiger partial charge in [0.05, 0.1) is 29.8 Å². The third-order valence-corrected chi connectivity index (χ3v) is 6.01. The molecule has 6 atom stereocenters. The Bertz CT molecular complexity index is 825. The van der Waals surface area contributed by atoms with Gasteiger partial charge in [-0.05, 0) is 32.4 Å². The van der Waals surface area contributed by atoms with Crippen molar-refractivity contribution >= 4 is 17.9 Å². The number of aliphatic hydroxyl groups is 1. The number of fused-ring (bicyclic) bond motifs is 2. The van der Waals surface area contributed by atoms with E-state index in [9.17, 15) is 19.5 Å². The number of hydrogen-bond donors (Lipinski definition) is 1. The summed E-state index contributed by atoms with van der Waals surface area (Å²) in [7, 11) is 0. The number of carbonyl (C=O) groups excluding carboxylic acids is 3. The van der Waals surface area contributed by atoms with Gasteiger partial charge in [0.15, 0.2) is 0 Å². The highest BCUT2D eigenvalue weighted by molar-refractivity contribution is 5.91. The van der Waals surface area contributed by atoms with Gasteiger partial charge in [0.1, 0.15) is 18.3 Å². The molecule has 0 amide bonds. The van der Waals surface area contributed by atoms with Gasteiger partial charge in [0, 0.05) is 25.3 Å². The molecule has 0 spiro atoms. The molecule has 0 aromatic rings. The van der Waals surface area contributed by atoms with Crippen LogP contribution in [-0.2, 0) is 33.3 Å². The Labute approximate surface area is 175 Å². The first-order valence-corrected chi connectivity index (χ1v) is 9.99. The summed E-state index contributed by atoms with van der Waals surface area (Å²) in [5.41, 5.74) is 0.476. The predicted octanol–water partition coefficient (Wildman–Crippen LogP) is 1.76. The van der Waals surface area contributed by atoms with Crippen LogP contribution in [0.1, 0.15) is 40.5 Å². The van der Waals surface area contributed by atoms with Gasteiger partial charge in [-0.2, -0.15) is 0 Å². The molecular weight excluding hydrogens is 392 g/mol. The number of carbonyl (C=O) groups is 3. The maximum atomic E-state index is 12.4. The zero-order chi connectivity index (χ0) is 22.2. The Hall–Kier alpha value is -2.45. The molecule has 164 valence electrons. The Kier molecular flexibility index (Phi) is 6.19. The van der Waals surface area contributed by atoms with Crippen LogP contribution in [0.4, 0.5) is 0 Å². The van der Waals surface area contributed by atoms with E-state index in [1.54, 1.807) is 19.9 Å². The molecule has 8 nitrogen and oxygen atoms in total. The zero-order valence-electron chi connectivity index (χ0n) is 17.7. The second-order valence-corrected chi connectivity index (χ2v) is 8.20. The quantitative estimate of drug-likeness (QED) is 0.241. The summed E-state index contributed by atoms with van der Waals surface area (Å²) in [6.07, 6.45) is 1.80. The van der Waals surface area contributed by atoms with E-state index in [1.165, 1.54) is 13.0 Å². The molecule has 3 rings (SSSR count). The fourth-order valence-electron chi connectivity index (χ4n) is 4.17. The van der Waals surface area contributed by atoms with Gasteiger partial charge in [-0.25, -0.2) is 9.59 Å². The number of ether oxygens (including phenoxy) is 4. The van der Waals surface area contributed by atoms with E-state index < -0.39 is 54.3 Å². The smallest absolute Gasteiger partial charge is 0.336 e. The number of epoxide rings is 1. The third kappa shape index (κ3) is 4.34. The summed E-state index contributed by atoms with van der Waals surface area (Å²) in [6, 6.07) is 0. The van der Waals surface area contributed by atoms with Crippen molar-refractivity contribution in [2.24, 2.45) is 5.92 Å². The van der Waals surface area contributed by atoms with E-state index >= 15 is 0 Å². The van der Waals surface area contributed by atoms with Crippen molar-refractivity contribution in [1.29, 1.82) is 0 Å². The van der Waals surface area contributed by atoms with E-state index in [0.29, 0.717) is 18.4 Å². The lowest BCUT2D eigenvalue weighted by Crippen LogP contribution is -2.37. The monoisotopic (exact) mass is 420 g/mol. The average molecular weight is 420 g/mol. The Morgan fingerprint density at radius 1 is 1.40 bits per heavy atom. The molecule has 30 heavy (non-hydrogen) atoms. The minimum atomic E-state index is -0.700. The Morgan fingerprint density at radius 3 is 2.70 bits per heavy atom. The predicted molar refractivity (Wildman–Crippen MR) is 105 cm³/mol. The Morgan fingerprint density at radius 2 is 2.10 bits per heavy atom. The maximum Gasteiger partial charge on any atom is 0.336 e. The van der Waals surface area contributed by atoms with Crippen LogP contribution in [0.25, 0.3) is 0 Å². The number of aliphatic hydroxyl groups excluding tert-OH is 1. The molecule has 0 aromatic heterocycles. The van der Waals surface area contributed by atoms with Gasteiger partial charge in [-0.15, -0.1) is 0 Å². The van der Waals surface area contributed by atoms with Gasteiger partial charge in [-0.1, -0.05) is 12.7 Å². The highest BCUT2D eigenvalue weighted by Gasteiger charge is 2.58. The molecule has 2 unspecified atom stereocenters. The Balaban J connectivity index is 1.95. The second kappa shape index (κ2) is 8.35. The third-order valence-electron chi connectivity index (χ3n) is 6.01. The van der Waals surface area contributed by atoms with Crippen LogP contribution >= 0.6 is 0 Å². The van der Waals surface area contributed by atoms with Crippen LogP contribution in [0.2, 0.25) is 0 Å². The number of hydrogen-bond acceptors (Lipinski definition) is 8. The van der Waals surface area contributed by atoms with Gasteiger partial charge in [0.25, 0.3) is 0 Å². The summed E-state index contributed by atoms with van der Waals surface area (Å²) >= 11 is 0. The van der Waals surface area contributed by atoms with Crippen molar-refractivity contribution in [2.45, 2.75) is 70.6 Å². The van der Waals surface area contributed by atoms with E-state index in [2.05, 4.69) is 6.58 Å². The van der Waals surface area contributed by atoms with E-state index in [1.807, 2.05) is 6.92 Å². The summed E-state index contributed by atoms with van der Waals surface area (Å²) < 4.78 is 22.6. The number of allylic oxidation sites excluding steroid dienone is 1. The molecule has 2 heterocycles. The van der Waals surface area contributed by atoms with Crippen molar-refractivity contribution in [2.75, 3.05) is 6.61 Å². The molecule has 2 fully saturated rings. The minimum Gasteiger partial charge on any atom is -0.462 e. The van der Waals surface area contributed by atoms with Gasteiger partial charge >= 0.3 is 17.9 Å². The summed E-state index contributed by atoms with van der Waals surface area (Å²) in [5, 5.41) is 9.34. The molecule has 0 bridgehead atoms. The molecule has 0 saturated carbocycles. The second-order valence-electron chi connectivity index (χ2n) is 8.20. The van der Waals surface area contributed by atoms with Crippen LogP contribution < -0.4 is 0 Å². The van der Waals surface area contributed by atoms with Crippen molar-refractivity contribution in [3.8, 4) is 0 Å². The van der Waals surface area contributed by atoms with Gasteiger partial charge in [-0.3, -0.25) is 4.79 Å². The van der Waals surface area contributed by atoms with Crippen molar-refractivity contribution < 1.29 is 38.4 Å². The lowest BCUT2D eigenvalue weighted by molar-refractivity contribution is -0.150. The lowest BCUT2D eigenvalue weighted by atomic mass is 9.82. The first-order chi connectivity index (χ1) is 14.1. The van der Waals surface area contributed by atoms with Crippen LogP contribution in [0.5, 0.6) is 0 Å². The largest absolute Gasteiger partial charge is 0.462 e. The zero-order valence-corrected chi connectivity index (χ0v) is 17.7. The average Bonchev–Trinajstić information content (AvgIpc) is 3.19. The SMILES string of the molecule is C=C1C(=O)O[C@@H]2/C=C(/C)C(OC(=O)/C(=C\C)CO)C[C@H]3O[C@]3(C)CC(OC(C)=O)[C@@H]12. The first-order valence-electron chi connectivity index (χ1n) is 9.99. The molecule has 1 aliphatic carbocycles. The van der Waals surface area contributed by atoms with Gasteiger partial charge < -0.3 is 24.1 Å². The molecule has 8 heteroatoms. The van der Waals surface area contributed by atoms with E-state index in [0.717, 1.165) is 0 Å². The highest BCUT2D eigenvalue weighted by atomic mass is 16.6. The normalized spacial score (nSPS) is 37.8. The topological polar surface area (TPSA) is 112 Å². The maximum absolute atomic E-state index is 12.4. The summed E-state index contributed by atoms with van der Waals surface area (Å²) in [6.45, 7) is 10.1. The van der Waals surface area contributed by atoms with Crippen molar-refractivity contribution in [3.05, 3.63) is 35.5 Å². The van der Waals surface area contributed by atoms with Crippen molar-refractivity contribution in [1.82, 2.24) is 0 Å². The number of rotatable bonds is 4. The van der Waals surface area contributed by atoms with Crippen LogP contribution in [-0.4, -0.2) is 59.6 Å². The number of esters is 3. The molecule has 2 aliphatic heterocycles. The fourth-order valence-corrected chi connectivity index (χ4v) is 4.17. The summed E-state index contributed by atoms with van der Waals surface area (Å²) in [5.74, 6) is -2.18. The fraction of sp³-hybridized carbons (Fsp3) is 0.591. The minimum absolute atomic E-state index is 0.160. The molecule has 1 N–H and O–H groups in total. The lowest BCUT2D eigenvalue weighted by Gasteiger charge is -2.29. The molecule has 0 radical (unpaired) electrons. The van der Waals surface area contributed by atoms with E-state index in [4.69, 9.17) is 18.9 Å². The molecular formula is C22H28O8. The van der Waals surface area contributed by atoms with Crippen molar-refractivity contribution in [3.63, 3.8) is 0 Å². The molecule has 3 aliphatic rings. The van der Waals surface area contributed by atoms with Crippen LogP contribution in [0.3, 0.4) is 0 Å². The van der Waals surface area contributed by atoms with Crippen LogP contribution in [0, 0.1) is 5.92 Å². The standard InChI is InChI=1S/C22H28O8/c1-6-14(10-23)21(26)28-15-8-18-22(5,30-18)9-17(27-13(4)24)19-12(3)20(25)29-16(19)7-11(15)2/h6-7,15-19,23H,3,8-10H2,1-2,4-5H3/b11-7-,14-6-/t15?,16-,17?,18-,19+,22-/m1/s1. The highest BCUT2D eigenvalue weighted by Crippen LogP contribution is 2.48.